The molecule has 1 saturated heterocycles. The molecule has 1 atom stereocenters. The minimum Gasteiger partial charge on any atom is -0.496 e. The molecule has 1 aromatic carbocycles. The molecule has 1 aliphatic heterocycles. The van der Waals surface area contributed by atoms with E-state index in [0.29, 0.717) is 11.7 Å². The van der Waals surface area contributed by atoms with Gasteiger partial charge in [0.1, 0.15) is 11.5 Å². The average molecular weight is 383 g/mol. The number of nitrogens with zero attached hydrogens (tertiary/aromatic N) is 1. The van der Waals surface area contributed by atoms with Crippen LogP contribution in [-0.2, 0) is 0 Å². The third-order valence-corrected chi connectivity index (χ3v) is 4.08. The Kier molecular flexibility index (Phi) is 8.31. The summed E-state index contributed by atoms with van der Waals surface area (Å²) in [6.45, 7) is 7.91. The molecular formula is C17H26ClF3N2O2. The summed E-state index contributed by atoms with van der Waals surface area (Å²) in [5.74, 6) is 0.633. The first kappa shape index (κ1) is 21.9. The highest BCUT2D eigenvalue weighted by molar-refractivity contribution is 5.85. The molecule has 0 aliphatic carbocycles. The fourth-order valence-electron chi connectivity index (χ4n) is 3.08. The molecule has 0 saturated carbocycles. The quantitative estimate of drug-likeness (QED) is 0.806. The van der Waals surface area contributed by atoms with Crippen molar-refractivity contribution < 1.29 is 22.6 Å². The molecule has 0 bridgehead atoms. The van der Waals surface area contributed by atoms with E-state index in [2.05, 4.69) is 28.8 Å². The van der Waals surface area contributed by atoms with E-state index in [-0.39, 0.29) is 24.2 Å². The van der Waals surface area contributed by atoms with Crippen LogP contribution in [0.2, 0.25) is 0 Å². The summed E-state index contributed by atoms with van der Waals surface area (Å²) >= 11 is 0. The molecule has 4 nitrogen and oxygen atoms in total. The van der Waals surface area contributed by atoms with Crippen LogP contribution in [0.1, 0.15) is 31.9 Å². The van der Waals surface area contributed by atoms with E-state index in [0.717, 1.165) is 38.2 Å². The van der Waals surface area contributed by atoms with Crippen LogP contribution < -0.4 is 14.8 Å². The Morgan fingerprint density at radius 3 is 2.36 bits per heavy atom. The van der Waals surface area contributed by atoms with Crippen LogP contribution in [0, 0.1) is 5.92 Å². The molecule has 25 heavy (non-hydrogen) atoms. The Bertz CT molecular complexity index is 535. The molecule has 0 unspecified atom stereocenters. The number of halogens is 4. The molecule has 1 fully saturated rings. The second kappa shape index (κ2) is 9.50. The third kappa shape index (κ3) is 6.56. The molecule has 0 spiro atoms. The molecule has 144 valence electrons. The molecule has 0 amide bonds. The highest BCUT2D eigenvalue weighted by atomic mass is 35.5. The molecule has 2 rings (SSSR count). The summed E-state index contributed by atoms with van der Waals surface area (Å²) in [4.78, 5) is 2.36. The molecular weight excluding hydrogens is 357 g/mol. The summed E-state index contributed by atoms with van der Waals surface area (Å²) < 4.78 is 46.6. The van der Waals surface area contributed by atoms with Gasteiger partial charge in [0.25, 0.3) is 0 Å². The van der Waals surface area contributed by atoms with Crippen molar-refractivity contribution in [3.63, 3.8) is 0 Å². The smallest absolute Gasteiger partial charge is 0.496 e. The molecule has 1 heterocycles. The first-order valence-corrected chi connectivity index (χ1v) is 8.18. The van der Waals surface area contributed by atoms with Gasteiger partial charge in [-0.15, -0.1) is 25.6 Å². The number of hydrogen-bond acceptors (Lipinski definition) is 4. The number of piperazine rings is 1. The average Bonchev–Trinajstić information content (AvgIpc) is 2.52. The number of ether oxygens (including phenoxy) is 2. The first-order chi connectivity index (χ1) is 11.3. The lowest BCUT2D eigenvalue weighted by atomic mass is 9.94. The van der Waals surface area contributed by atoms with Gasteiger partial charge >= 0.3 is 6.36 Å². The minimum atomic E-state index is -4.71. The zero-order valence-corrected chi connectivity index (χ0v) is 15.5. The predicted octanol–water partition coefficient (Wildman–Crippen LogP) is 4.01. The standard InChI is InChI=1S/C17H25F3N2O2.ClH/c1-12(2)10-15(22-8-6-21-7-9-22)14-5-4-13(11-16(14)23-3)24-17(18,19)20;/h4-5,11-12,15,21H,6-10H2,1-3H3;1H/t15-;/m0./s1. The molecule has 1 N–H and O–H groups in total. The maximum Gasteiger partial charge on any atom is 0.573 e. The predicted molar refractivity (Wildman–Crippen MR) is 93.6 cm³/mol. The van der Waals surface area contributed by atoms with Crippen LogP contribution in [0.25, 0.3) is 0 Å². The monoisotopic (exact) mass is 382 g/mol. The number of rotatable bonds is 6. The van der Waals surface area contributed by atoms with Gasteiger partial charge in [-0.1, -0.05) is 19.9 Å². The summed E-state index contributed by atoms with van der Waals surface area (Å²) in [5, 5.41) is 3.32. The molecule has 1 aliphatic rings. The van der Waals surface area contributed by atoms with Gasteiger partial charge in [0, 0.05) is 43.9 Å². The van der Waals surface area contributed by atoms with Gasteiger partial charge < -0.3 is 14.8 Å². The van der Waals surface area contributed by atoms with Crippen molar-refractivity contribution in [1.82, 2.24) is 10.2 Å². The lowest BCUT2D eigenvalue weighted by Crippen LogP contribution is -2.45. The van der Waals surface area contributed by atoms with E-state index >= 15 is 0 Å². The Morgan fingerprint density at radius 1 is 1.20 bits per heavy atom. The van der Waals surface area contributed by atoms with Crippen molar-refractivity contribution >= 4 is 12.4 Å². The fourth-order valence-corrected chi connectivity index (χ4v) is 3.08. The van der Waals surface area contributed by atoms with Crippen LogP contribution >= 0.6 is 12.4 Å². The summed E-state index contributed by atoms with van der Waals surface area (Å²) in [7, 11) is 1.47. The first-order valence-electron chi connectivity index (χ1n) is 8.18. The fraction of sp³-hybridized carbons (Fsp3) is 0.647. The highest BCUT2D eigenvalue weighted by Crippen LogP contribution is 2.37. The topological polar surface area (TPSA) is 33.7 Å². The minimum absolute atomic E-state index is 0. The Hall–Kier alpha value is -1.18. The van der Waals surface area contributed by atoms with E-state index < -0.39 is 6.36 Å². The van der Waals surface area contributed by atoms with Gasteiger partial charge in [-0.3, -0.25) is 4.90 Å². The van der Waals surface area contributed by atoms with E-state index in [4.69, 9.17) is 4.74 Å². The zero-order chi connectivity index (χ0) is 17.7. The SMILES string of the molecule is COc1cc(OC(F)(F)F)ccc1[C@H](CC(C)C)N1CCNCC1.Cl. The molecule has 1 aromatic rings. The van der Waals surface area contributed by atoms with Crippen molar-refractivity contribution in [2.75, 3.05) is 33.3 Å². The van der Waals surface area contributed by atoms with Crippen molar-refractivity contribution in [3.8, 4) is 11.5 Å². The molecule has 0 aromatic heterocycles. The lowest BCUT2D eigenvalue weighted by Gasteiger charge is -2.36. The zero-order valence-electron chi connectivity index (χ0n) is 14.7. The molecule has 0 radical (unpaired) electrons. The molecule has 8 heteroatoms. The number of alkyl halides is 3. The van der Waals surface area contributed by atoms with Gasteiger partial charge in [0.05, 0.1) is 7.11 Å². The van der Waals surface area contributed by atoms with Crippen LogP contribution in [0.15, 0.2) is 18.2 Å². The van der Waals surface area contributed by atoms with Crippen molar-refractivity contribution in [3.05, 3.63) is 23.8 Å². The third-order valence-electron chi connectivity index (χ3n) is 4.08. The maximum atomic E-state index is 12.4. The van der Waals surface area contributed by atoms with E-state index in [1.54, 1.807) is 6.07 Å². The second-order valence-corrected chi connectivity index (χ2v) is 6.38. The van der Waals surface area contributed by atoms with Crippen molar-refractivity contribution in [2.24, 2.45) is 5.92 Å². The van der Waals surface area contributed by atoms with Crippen LogP contribution in [0.3, 0.4) is 0 Å². The Morgan fingerprint density at radius 2 is 1.84 bits per heavy atom. The van der Waals surface area contributed by atoms with E-state index in [1.165, 1.54) is 19.2 Å². The number of methoxy groups -OCH3 is 1. The van der Waals surface area contributed by atoms with Crippen molar-refractivity contribution in [1.29, 1.82) is 0 Å². The Labute approximate surface area is 153 Å². The maximum absolute atomic E-state index is 12.4. The second-order valence-electron chi connectivity index (χ2n) is 6.38. The van der Waals surface area contributed by atoms with Crippen LogP contribution in [0.5, 0.6) is 11.5 Å². The summed E-state index contributed by atoms with van der Waals surface area (Å²) in [6.07, 6.45) is -3.79. The number of nitrogens with one attached hydrogen (secondary N) is 1. The van der Waals surface area contributed by atoms with Gasteiger partial charge in [-0.05, 0) is 18.4 Å². The number of benzene rings is 1. The van der Waals surface area contributed by atoms with E-state index in [1.807, 2.05) is 0 Å². The highest BCUT2D eigenvalue weighted by Gasteiger charge is 2.32. The lowest BCUT2D eigenvalue weighted by molar-refractivity contribution is -0.274. The van der Waals surface area contributed by atoms with Gasteiger partial charge in [0.2, 0.25) is 0 Å². The largest absolute Gasteiger partial charge is 0.573 e. The summed E-state index contributed by atoms with van der Waals surface area (Å²) in [5.41, 5.74) is 0.905. The van der Waals surface area contributed by atoms with Crippen molar-refractivity contribution in [2.45, 2.75) is 32.7 Å². The van der Waals surface area contributed by atoms with E-state index in [9.17, 15) is 13.2 Å². The van der Waals surface area contributed by atoms with Crippen LogP contribution in [0.4, 0.5) is 13.2 Å². The van der Waals surface area contributed by atoms with Gasteiger partial charge in [-0.2, -0.15) is 0 Å². The Balaban J connectivity index is 0.00000312. The normalized spacial score (nSPS) is 17.1. The van der Waals surface area contributed by atoms with Crippen LogP contribution in [-0.4, -0.2) is 44.6 Å². The number of hydrogen-bond donors (Lipinski definition) is 1. The summed E-state index contributed by atoms with van der Waals surface area (Å²) in [6, 6.07) is 4.48. The van der Waals surface area contributed by atoms with Gasteiger partial charge in [0.15, 0.2) is 0 Å². The van der Waals surface area contributed by atoms with Gasteiger partial charge in [-0.25, -0.2) is 0 Å².